The lowest BCUT2D eigenvalue weighted by atomic mass is 10.1. The number of esters is 1. The van der Waals surface area contributed by atoms with Crippen LogP contribution in [0.3, 0.4) is 0 Å². The number of likely N-dealkylation sites (N-methyl/N-ethyl adjacent to an activating group) is 1. The number of rotatable bonds is 30. The van der Waals surface area contributed by atoms with Crippen molar-refractivity contribution in [2.24, 2.45) is 0 Å². The van der Waals surface area contributed by atoms with Gasteiger partial charge in [0.25, 0.3) is 7.82 Å². The lowest BCUT2D eigenvalue weighted by molar-refractivity contribution is -0.870. The number of allylic oxidation sites excluding steroid dienone is 9. The van der Waals surface area contributed by atoms with Crippen LogP contribution in [0.1, 0.15) is 104 Å². The fraction of sp³-hybridized carbons (Fsp3) is 0.694. The van der Waals surface area contributed by atoms with Crippen molar-refractivity contribution in [1.29, 1.82) is 0 Å². The Labute approximate surface area is 275 Å². The Hall–Kier alpha value is -1.80. The van der Waals surface area contributed by atoms with Gasteiger partial charge in [-0.15, -0.1) is 0 Å². The predicted octanol–water partition coefficient (Wildman–Crippen LogP) is 8.40. The molecule has 0 radical (unpaired) electrons. The number of quaternary nitrogens is 1. The van der Waals surface area contributed by atoms with Crippen LogP contribution in [-0.2, 0) is 27.9 Å². The zero-order chi connectivity index (χ0) is 33.5. The Balaban J connectivity index is 4.52. The summed E-state index contributed by atoms with van der Waals surface area (Å²) in [5, 5.41) is 0. The van der Waals surface area contributed by atoms with Gasteiger partial charge in [-0.05, 0) is 38.5 Å². The fourth-order valence-electron chi connectivity index (χ4n) is 3.97. The molecule has 0 amide bonds. The minimum absolute atomic E-state index is 0.00769. The van der Waals surface area contributed by atoms with E-state index < -0.39 is 19.9 Å². The molecule has 0 saturated carbocycles. The summed E-state index contributed by atoms with van der Waals surface area (Å²) < 4.78 is 34.1. The van der Waals surface area contributed by atoms with Crippen LogP contribution in [0.15, 0.2) is 60.8 Å². The SMILES string of the molecule is CC/C=C\C/C=C\C/C=C\C/C=C\C/C=C\CC(=O)OC(COCCCCCCCCCC)COP(=O)([O-])OCC[N+](C)(C)C. The number of ether oxygens (including phenoxy) is 2. The van der Waals surface area contributed by atoms with E-state index in [0.29, 0.717) is 24.1 Å². The first-order valence-electron chi connectivity index (χ1n) is 17.0. The van der Waals surface area contributed by atoms with E-state index in [9.17, 15) is 14.3 Å². The van der Waals surface area contributed by atoms with Gasteiger partial charge >= 0.3 is 5.97 Å². The van der Waals surface area contributed by atoms with Gasteiger partial charge in [0, 0.05) is 6.61 Å². The highest BCUT2D eigenvalue weighted by Gasteiger charge is 2.20. The van der Waals surface area contributed by atoms with Crippen molar-refractivity contribution in [1.82, 2.24) is 0 Å². The number of phosphoric acid groups is 1. The number of nitrogens with zero attached hydrogens (tertiary/aromatic N) is 1. The number of carbonyl (C=O) groups excluding carboxylic acids is 1. The molecule has 9 heteroatoms. The molecule has 0 spiro atoms. The maximum Gasteiger partial charge on any atom is 0.310 e. The molecule has 0 heterocycles. The molecule has 0 aliphatic carbocycles. The van der Waals surface area contributed by atoms with E-state index in [1.165, 1.54) is 38.5 Å². The second-order valence-electron chi connectivity index (χ2n) is 12.2. The van der Waals surface area contributed by atoms with Crippen molar-refractivity contribution < 1.29 is 37.3 Å². The summed E-state index contributed by atoms with van der Waals surface area (Å²) in [6.07, 6.45) is 34.1. The minimum Gasteiger partial charge on any atom is -0.756 e. The highest BCUT2D eigenvalue weighted by Crippen LogP contribution is 2.38. The van der Waals surface area contributed by atoms with Gasteiger partial charge < -0.3 is 27.9 Å². The largest absolute Gasteiger partial charge is 0.756 e. The van der Waals surface area contributed by atoms with Crippen molar-refractivity contribution in [2.45, 2.75) is 110 Å². The first kappa shape index (κ1) is 43.2. The van der Waals surface area contributed by atoms with E-state index in [0.717, 1.165) is 38.5 Å². The van der Waals surface area contributed by atoms with Gasteiger partial charge in [-0.25, -0.2) is 0 Å². The second kappa shape index (κ2) is 29.6. The number of carbonyl (C=O) groups is 1. The second-order valence-corrected chi connectivity index (χ2v) is 13.6. The number of phosphoric ester groups is 1. The van der Waals surface area contributed by atoms with Crippen LogP contribution in [0.25, 0.3) is 0 Å². The van der Waals surface area contributed by atoms with Gasteiger partial charge in [-0.2, -0.15) is 0 Å². The molecule has 260 valence electrons. The van der Waals surface area contributed by atoms with Gasteiger partial charge in [0.2, 0.25) is 0 Å². The van der Waals surface area contributed by atoms with E-state index in [4.69, 9.17) is 18.5 Å². The van der Waals surface area contributed by atoms with Crippen molar-refractivity contribution >= 4 is 13.8 Å². The average Bonchev–Trinajstić information content (AvgIpc) is 2.98. The molecule has 2 unspecified atom stereocenters. The van der Waals surface area contributed by atoms with E-state index in [1.54, 1.807) is 6.08 Å². The molecule has 0 aromatic heterocycles. The van der Waals surface area contributed by atoms with Crippen molar-refractivity contribution in [3.8, 4) is 0 Å². The Morgan fingerprint density at radius 1 is 0.689 bits per heavy atom. The Bertz CT molecular complexity index is 906. The maximum absolute atomic E-state index is 12.5. The molecule has 2 atom stereocenters. The van der Waals surface area contributed by atoms with Crippen LogP contribution < -0.4 is 4.89 Å². The fourth-order valence-corrected chi connectivity index (χ4v) is 4.70. The van der Waals surface area contributed by atoms with Crippen LogP contribution in [0.5, 0.6) is 0 Å². The van der Waals surface area contributed by atoms with Gasteiger partial charge in [0.1, 0.15) is 19.3 Å². The van der Waals surface area contributed by atoms with Gasteiger partial charge in [-0.3, -0.25) is 9.36 Å². The van der Waals surface area contributed by atoms with Crippen molar-refractivity contribution in [3.05, 3.63) is 60.8 Å². The summed E-state index contributed by atoms with van der Waals surface area (Å²) in [7, 11) is 1.29. The lowest BCUT2D eigenvalue weighted by Gasteiger charge is -2.28. The molecule has 8 nitrogen and oxygen atoms in total. The highest BCUT2D eigenvalue weighted by molar-refractivity contribution is 7.45. The van der Waals surface area contributed by atoms with Crippen molar-refractivity contribution in [3.63, 3.8) is 0 Å². The zero-order valence-corrected chi connectivity index (χ0v) is 29.9. The smallest absolute Gasteiger partial charge is 0.310 e. The Morgan fingerprint density at radius 3 is 1.73 bits per heavy atom. The third-order valence-electron chi connectivity index (χ3n) is 6.62. The summed E-state index contributed by atoms with van der Waals surface area (Å²) in [6.45, 7) is 5.09. The Kier molecular flexibility index (Phi) is 28.4. The normalized spacial score (nSPS) is 14.9. The first-order chi connectivity index (χ1) is 21.6. The average molecular weight is 654 g/mol. The number of hydrogen-bond donors (Lipinski definition) is 0. The minimum atomic E-state index is -4.53. The summed E-state index contributed by atoms with van der Waals surface area (Å²) in [5.41, 5.74) is 0. The Morgan fingerprint density at radius 2 is 1.20 bits per heavy atom. The topological polar surface area (TPSA) is 94.1 Å². The predicted molar refractivity (Wildman–Crippen MR) is 185 cm³/mol. The molecular weight excluding hydrogens is 589 g/mol. The van der Waals surface area contributed by atoms with E-state index in [2.05, 4.69) is 62.5 Å². The lowest BCUT2D eigenvalue weighted by Crippen LogP contribution is -2.37. The third-order valence-corrected chi connectivity index (χ3v) is 7.58. The molecule has 0 rings (SSSR count). The first-order valence-corrected chi connectivity index (χ1v) is 18.5. The number of hydrogen-bond acceptors (Lipinski definition) is 7. The molecule has 0 aromatic rings. The zero-order valence-electron chi connectivity index (χ0n) is 29.0. The molecule has 0 aromatic carbocycles. The van der Waals surface area contributed by atoms with Crippen LogP contribution in [0.4, 0.5) is 0 Å². The number of unbranched alkanes of at least 4 members (excludes halogenated alkanes) is 7. The summed E-state index contributed by atoms with van der Waals surface area (Å²) in [5.74, 6) is -0.465. The molecule has 0 aliphatic heterocycles. The standard InChI is InChI=1S/C36H64NO7P/c1-6-8-10-12-14-16-17-18-19-20-21-22-23-25-27-29-36(38)44-35(33-41-31-28-26-24-15-13-11-9-7-2)34-43-45(39,40)42-32-30-37(3,4)5/h8,10,14,16,18-19,21-22,25,27,35H,6-7,9,11-13,15,17,20,23-24,26,28-34H2,1-5H3/b10-8-,16-14-,19-18-,22-21-,27-25-. The molecule has 0 N–H and O–H groups in total. The summed E-state index contributed by atoms with van der Waals surface area (Å²) >= 11 is 0. The molecule has 0 saturated heterocycles. The van der Waals surface area contributed by atoms with E-state index in [-0.39, 0.29) is 26.2 Å². The van der Waals surface area contributed by atoms with Crippen LogP contribution in [0.2, 0.25) is 0 Å². The van der Waals surface area contributed by atoms with Crippen molar-refractivity contribution in [2.75, 3.05) is 54.1 Å². The molecule has 0 bridgehead atoms. The molecule has 0 aliphatic rings. The van der Waals surface area contributed by atoms with Gasteiger partial charge in [0.05, 0.1) is 40.8 Å². The van der Waals surface area contributed by atoms with E-state index >= 15 is 0 Å². The van der Waals surface area contributed by atoms with Crippen LogP contribution in [0, 0.1) is 0 Å². The summed E-state index contributed by atoms with van der Waals surface area (Å²) in [4.78, 5) is 24.7. The quantitative estimate of drug-likeness (QED) is 0.0253. The van der Waals surface area contributed by atoms with E-state index in [1.807, 2.05) is 27.2 Å². The maximum atomic E-state index is 12.5. The molecule has 45 heavy (non-hydrogen) atoms. The van der Waals surface area contributed by atoms with Gasteiger partial charge in [0.15, 0.2) is 0 Å². The summed E-state index contributed by atoms with van der Waals surface area (Å²) in [6, 6.07) is 0. The third kappa shape index (κ3) is 33.4. The molecular formula is C36H64NO7P. The molecule has 0 fully saturated rings. The monoisotopic (exact) mass is 653 g/mol. The van der Waals surface area contributed by atoms with Gasteiger partial charge in [-0.1, -0.05) is 120 Å². The highest BCUT2D eigenvalue weighted by atomic mass is 31.2. The van der Waals surface area contributed by atoms with Crippen LogP contribution >= 0.6 is 7.82 Å². The van der Waals surface area contributed by atoms with Crippen LogP contribution in [-0.4, -0.2) is 70.7 Å².